The van der Waals surface area contributed by atoms with Crippen LogP contribution in [0.3, 0.4) is 0 Å². The zero-order chi connectivity index (χ0) is 23.8. The monoisotopic (exact) mass is 467 g/mol. The second-order valence-electron chi connectivity index (χ2n) is 8.11. The van der Waals surface area contributed by atoms with Gasteiger partial charge in [-0.25, -0.2) is 9.97 Å². The molecule has 0 saturated heterocycles. The second-order valence-corrected chi connectivity index (χ2v) is 9.80. The highest BCUT2D eigenvalue weighted by Crippen LogP contribution is 2.33. The second kappa shape index (κ2) is 11.2. The Bertz CT molecular complexity index is 1060. The van der Waals surface area contributed by atoms with Gasteiger partial charge in [0.25, 0.3) is 0 Å². The summed E-state index contributed by atoms with van der Waals surface area (Å²) in [5, 5.41) is 9.35. The van der Waals surface area contributed by atoms with Crippen LogP contribution in [0.15, 0.2) is 65.8 Å². The zero-order valence-corrected chi connectivity index (χ0v) is 20.1. The highest BCUT2D eigenvalue weighted by atomic mass is 32.2. The summed E-state index contributed by atoms with van der Waals surface area (Å²) >= 11 is 1.33. The number of hydrogen-bond acceptors (Lipinski definition) is 7. The van der Waals surface area contributed by atoms with E-state index in [1.165, 1.54) is 18.1 Å². The molecule has 0 amide bonds. The fourth-order valence-electron chi connectivity index (χ4n) is 2.98. The van der Waals surface area contributed by atoms with Gasteiger partial charge in [0.2, 0.25) is 5.88 Å². The van der Waals surface area contributed by atoms with Gasteiger partial charge in [-0.05, 0) is 50.6 Å². The molecular formula is C25H29N3O4S. The number of hydrogen-bond donors (Lipinski definition) is 1. The van der Waals surface area contributed by atoms with Gasteiger partial charge < -0.3 is 19.5 Å². The Labute approximate surface area is 198 Å². The highest BCUT2D eigenvalue weighted by molar-refractivity contribution is 8.01. The Hall–Kier alpha value is -3.10. The number of carboxylic acid groups (broad SMARTS) is 1. The molecule has 33 heavy (non-hydrogen) atoms. The molecule has 8 heteroatoms. The average molecular weight is 468 g/mol. The third kappa shape index (κ3) is 7.20. The first-order valence-corrected chi connectivity index (χ1v) is 11.4. The van der Waals surface area contributed by atoms with E-state index in [4.69, 9.17) is 9.47 Å². The Morgan fingerprint density at radius 2 is 1.79 bits per heavy atom. The summed E-state index contributed by atoms with van der Waals surface area (Å²) in [6.07, 6.45) is 1.49. The molecule has 0 aliphatic rings. The van der Waals surface area contributed by atoms with E-state index >= 15 is 0 Å². The highest BCUT2D eigenvalue weighted by Gasteiger charge is 2.28. The van der Waals surface area contributed by atoms with Gasteiger partial charge in [-0.3, -0.25) is 4.79 Å². The number of aryl methyl sites for hydroxylation is 1. The van der Waals surface area contributed by atoms with E-state index < -0.39 is 10.7 Å². The Balaban J connectivity index is 1.74. The Morgan fingerprint density at radius 1 is 1.09 bits per heavy atom. The number of nitrogens with zero attached hydrogens (tertiary/aromatic N) is 3. The summed E-state index contributed by atoms with van der Waals surface area (Å²) in [7, 11) is 1.67. The summed E-state index contributed by atoms with van der Waals surface area (Å²) < 4.78 is 10.3. The van der Waals surface area contributed by atoms with E-state index in [0.29, 0.717) is 31.3 Å². The molecule has 1 N–H and O–H groups in total. The van der Waals surface area contributed by atoms with Crippen molar-refractivity contribution in [3.05, 3.63) is 72.1 Å². The molecule has 1 heterocycles. The third-order valence-electron chi connectivity index (χ3n) is 4.95. The number of aliphatic carboxylic acids is 1. The maximum Gasteiger partial charge on any atom is 0.319 e. The van der Waals surface area contributed by atoms with Crippen molar-refractivity contribution in [3.8, 4) is 11.6 Å². The van der Waals surface area contributed by atoms with Crippen molar-refractivity contribution in [3.63, 3.8) is 0 Å². The molecule has 7 nitrogen and oxygen atoms in total. The van der Waals surface area contributed by atoms with Crippen molar-refractivity contribution in [1.29, 1.82) is 0 Å². The quantitative estimate of drug-likeness (QED) is 0.386. The SMILES string of the molecule is COCCN(Cc1ccc(SC(C)(C)C(=O)O)cc1)c1cc(Oc2ccc(C)cc2)ncn1. The van der Waals surface area contributed by atoms with Gasteiger partial charge in [0.15, 0.2) is 0 Å². The summed E-state index contributed by atoms with van der Waals surface area (Å²) in [6.45, 7) is 7.21. The van der Waals surface area contributed by atoms with Gasteiger partial charge in [0.1, 0.15) is 22.6 Å². The molecule has 0 aliphatic carbocycles. The first-order valence-electron chi connectivity index (χ1n) is 10.6. The summed E-state index contributed by atoms with van der Waals surface area (Å²) in [6, 6.07) is 17.5. The number of carboxylic acids is 1. The smallest absolute Gasteiger partial charge is 0.319 e. The molecule has 0 bridgehead atoms. The topological polar surface area (TPSA) is 84.8 Å². The molecule has 3 rings (SSSR count). The van der Waals surface area contributed by atoms with Crippen LogP contribution in [0.25, 0.3) is 0 Å². The molecule has 0 fully saturated rings. The van der Waals surface area contributed by atoms with E-state index in [1.54, 1.807) is 21.0 Å². The average Bonchev–Trinajstić information content (AvgIpc) is 2.79. The predicted molar refractivity (Wildman–Crippen MR) is 130 cm³/mol. The molecule has 0 spiro atoms. The van der Waals surface area contributed by atoms with Crippen LogP contribution in [0.4, 0.5) is 5.82 Å². The van der Waals surface area contributed by atoms with Crippen molar-refractivity contribution >= 4 is 23.5 Å². The third-order valence-corrected chi connectivity index (χ3v) is 6.14. The molecule has 3 aromatic rings. The van der Waals surface area contributed by atoms with Crippen molar-refractivity contribution in [2.45, 2.75) is 37.0 Å². The van der Waals surface area contributed by atoms with Crippen LogP contribution in [0.2, 0.25) is 0 Å². The van der Waals surface area contributed by atoms with Crippen molar-refractivity contribution in [1.82, 2.24) is 9.97 Å². The summed E-state index contributed by atoms with van der Waals surface area (Å²) in [5.41, 5.74) is 2.23. The minimum Gasteiger partial charge on any atom is -0.480 e. The van der Waals surface area contributed by atoms with Crippen LogP contribution in [0.5, 0.6) is 11.6 Å². The Morgan fingerprint density at radius 3 is 2.42 bits per heavy atom. The van der Waals surface area contributed by atoms with Crippen LogP contribution in [0.1, 0.15) is 25.0 Å². The molecule has 2 aromatic carbocycles. The van der Waals surface area contributed by atoms with Gasteiger partial charge >= 0.3 is 5.97 Å². The lowest BCUT2D eigenvalue weighted by Crippen LogP contribution is -2.28. The first-order chi connectivity index (χ1) is 15.8. The molecule has 0 unspecified atom stereocenters. The number of benzene rings is 2. The van der Waals surface area contributed by atoms with Crippen molar-refractivity contribution in [2.75, 3.05) is 25.2 Å². The summed E-state index contributed by atoms with van der Waals surface area (Å²) in [5.74, 6) is 1.07. The lowest BCUT2D eigenvalue weighted by molar-refractivity contribution is -0.138. The number of rotatable bonds is 11. The van der Waals surface area contributed by atoms with Gasteiger partial charge in [-0.15, -0.1) is 11.8 Å². The number of methoxy groups -OCH3 is 1. The number of anilines is 1. The maximum atomic E-state index is 11.4. The first kappa shape index (κ1) is 24.5. The minimum atomic E-state index is -0.888. The molecule has 0 saturated carbocycles. The van der Waals surface area contributed by atoms with Crippen LogP contribution < -0.4 is 9.64 Å². The van der Waals surface area contributed by atoms with Gasteiger partial charge in [-0.2, -0.15) is 0 Å². The largest absolute Gasteiger partial charge is 0.480 e. The standard InChI is InChI=1S/C25H29N3O4S/c1-18-5-9-20(10-6-18)32-23-15-22(26-17-27-23)28(13-14-31-4)16-19-7-11-21(12-8-19)33-25(2,3)24(29)30/h5-12,15,17H,13-14,16H2,1-4H3,(H,29,30). The van der Waals surface area contributed by atoms with E-state index in [0.717, 1.165) is 21.8 Å². The van der Waals surface area contributed by atoms with Crippen LogP contribution in [-0.2, 0) is 16.1 Å². The van der Waals surface area contributed by atoms with Gasteiger partial charge in [0.05, 0.1) is 6.61 Å². The number of carbonyl (C=O) groups is 1. The maximum absolute atomic E-state index is 11.4. The normalized spacial score (nSPS) is 11.3. The predicted octanol–water partition coefficient (Wildman–Crippen LogP) is 5.19. The van der Waals surface area contributed by atoms with Crippen LogP contribution in [-0.4, -0.2) is 46.1 Å². The molecular weight excluding hydrogens is 438 g/mol. The fraction of sp³-hybridized carbons (Fsp3) is 0.320. The molecule has 0 aliphatic heterocycles. The zero-order valence-electron chi connectivity index (χ0n) is 19.3. The lowest BCUT2D eigenvalue weighted by atomic mass is 10.2. The summed E-state index contributed by atoms with van der Waals surface area (Å²) in [4.78, 5) is 23.1. The number of aromatic nitrogens is 2. The van der Waals surface area contributed by atoms with Crippen LogP contribution in [0, 0.1) is 6.92 Å². The Kier molecular flexibility index (Phi) is 8.30. The van der Waals surface area contributed by atoms with Crippen LogP contribution >= 0.6 is 11.8 Å². The molecule has 1 aromatic heterocycles. The van der Waals surface area contributed by atoms with Gasteiger partial charge in [-0.1, -0.05) is 29.8 Å². The van der Waals surface area contributed by atoms with E-state index in [1.807, 2.05) is 61.5 Å². The molecule has 174 valence electrons. The van der Waals surface area contributed by atoms with Crippen molar-refractivity contribution < 1.29 is 19.4 Å². The lowest BCUT2D eigenvalue weighted by Gasteiger charge is -2.24. The minimum absolute atomic E-state index is 0.467. The van der Waals surface area contributed by atoms with E-state index in [9.17, 15) is 9.90 Å². The molecule has 0 atom stereocenters. The number of ether oxygens (including phenoxy) is 2. The molecule has 0 radical (unpaired) electrons. The fourth-order valence-corrected chi connectivity index (χ4v) is 3.93. The van der Waals surface area contributed by atoms with E-state index in [-0.39, 0.29) is 0 Å². The van der Waals surface area contributed by atoms with Crippen molar-refractivity contribution in [2.24, 2.45) is 0 Å². The number of thioether (sulfide) groups is 1. The van der Waals surface area contributed by atoms with E-state index in [2.05, 4.69) is 14.9 Å². The van der Waals surface area contributed by atoms with Gasteiger partial charge in [0, 0.05) is 31.2 Å².